The number of benzene rings is 2. The molecule has 108 valence electrons. The zero-order valence-electron chi connectivity index (χ0n) is 11.7. The molecule has 2 aromatic carbocycles. The fourth-order valence-electron chi connectivity index (χ4n) is 1.72. The molecule has 0 aliphatic heterocycles. The predicted molar refractivity (Wildman–Crippen MR) is 84.7 cm³/mol. The van der Waals surface area contributed by atoms with E-state index in [-0.39, 0.29) is 12.5 Å². The average molecular weight is 282 g/mol. The van der Waals surface area contributed by atoms with Gasteiger partial charge in [-0.2, -0.15) is 0 Å². The van der Waals surface area contributed by atoms with Gasteiger partial charge in [-0.3, -0.25) is 4.79 Å². The summed E-state index contributed by atoms with van der Waals surface area (Å²) in [5, 5.41) is 5.74. The number of amides is 1. The van der Waals surface area contributed by atoms with Crippen LogP contribution in [0.25, 0.3) is 0 Å². The van der Waals surface area contributed by atoms with E-state index in [1.54, 1.807) is 6.08 Å². The molecular weight excluding hydrogens is 264 g/mol. The highest BCUT2D eigenvalue weighted by Gasteiger charge is 2.02. The molecule has 0 saturated carbocycles. The molecule has 0 atom stereocenters. The number of hydrogen-bond donors (Lipinski definition) is 2. The SMILES string of the molecule is C=CCNCC(=O)Nc1ccc(Oc2ccccc2)cc1. The monoisotopic (exact) mass is 282 g/mol. The Balaban J connectivity index is 1.87. The standard InChI is InChI=1S/C17H18N2O2/c1-2-12-18-13-17(20)19-14-8-10-16(11-9-14)21-15-6-4-3-5-7-15/h2-11,18H,1,12-13H2,(H,19,20). The molecule has 0 aliphatic carbocycles. The minimum Gasteiger partial charge on any atom is -0.457 e. The first-order chi connectivity index (χ1) is 10.3. The number of anilines is 1. The summed E-state index contributed by atoms with van der Waals surface area (Å²) in [4.78, 5) is 11.6. The molecule has 4 heteroatoms. The second-order valence-corrected chi connectivity index (χ2v) is 4.41. The van der Waals surface area contributed by atoms with Crippen LogP contribution in [0, 0.1) is 0 Å². The van der Waals surface area contributed by atoms with E-state index in [1.165, 1.54) is 0 Å². The van der Waals surface area contributed by atoms with Gasteiger partial charge in [-0.05, 0) is 36.4 Å². The largest absolute Gasteiger partial charge is 0.457 e. The van der Waals surface area contributed by atoms with Gasteiger partial charge < -0.3 is 15.4 Å². The third-order valence-electron chi connectivity index (χ3n) is 2.69. The Morgan fingerprint density at radius 3 is 2.38 bits per heavy atom. The minimum absolute atomic E-state index is 0.0893. The number of hydrogen-bond acceptors (Lipinski definition) is 3. The lowest BCUT2D eigenvalue weighted by Gasteiger charge is -2.08. The fraction of sp³-hybridized carbons (Fsp3) is 0.118. The summed E-state index contributed by atoms with van der Waals surface area (Å²) < 4.78 is 5.68. The molecule has 0 fully saturated rings. The lowest BCUT2D eigenvalue weighted by molar-refractivity contribution is -0.115. The van der Waals surface area contributed by atoms with Crippen molar-refractivity contribution in [1.82, 2.24) is 5.32 Å². The number of ether oxygens (including phenoxy) is 1. The molecule has 0 radical (unpaired) electrons. The second-order valence-electron chi connectivity index (χ2n) is 4.41. The number of para-hydroxylation sites is 1. The molecule has 0 unspecified atom stereocenters. The molecule has 2 N–H and O–H groups in total. The topological polar surface area (TPSA) is 50.4 Å². The Morgan fingerprint density at radius 1 is 1.05 bits per heavy atom. The maximum atomic E-state index is 11.6. The van der Waals surface area contributed by atoms with Gasteiger partial charge in [-0.25, -0.2) is 0 Å². The number of nitrogens with one attached hydrogen (secondary N) is 2. The van der Waals surface area contributed by atoms with Crippen LogP contribution in [0.4, 0.5) is 5.69 Å². The van der Waals surface area contributed by atoms with Crippen LogP contribution in [0.2, 0.25) is 0 Å². The predicted octanol–water partition coefficient (Wildman–Crippen LogP) is 3.19. The Bertz CT molecular complexity index is 579. The van der Waals surface area contributed by atoms with Crippen LogP contribution in [-0.4, -0.2) is 19.0 Å². The van der Waals surface area contributed by atoms with Crippen molar-refractivity contribution in [2.75, 3.05) is 18.4 Å². The van der Waals surface area contributed by atoms with Gasteiger partial charge in [-0.15, -0.1) is 6.58 Å². The highest BCUT2D eigenvalue weighted by molar-refractivity contribution is 5.92. The summed E-state index contributed by atoms with van der Waals surface area (Å²) in [6.45, 7) is 4.44. The molecule has 2 rings (SSSR count). The summed E-state index contributed by atoms with van der Waals surface area (Å²) in [5.41, 5.74) is 0.737. The average Bonchev–Trinajstić information content (AvgIpc) is 2.51. The van der Waals surface area contributed by atoms with Gasteiger partial charge >= 0.3 is 0 Å². The Morgan fingerprint density at radius 2 is 1.71 bits per heavy atom. The van der Waals surface area contributed by atoms with Crippen LogP contribution in [-0.2, 0) is 4.79 Å². The van der Waals surface area contributed by atoms with Crippen LogP contribution in [0.15, 0.2) is 67.3 Å². The molecular formula is C17H18N2O2. The van der Waals surface area contributed by atoms with Gasteiger partial charge in [0, 0.05) is 12.2 Å². The zero-order valence-corrected chi connectivity index (χ0v) is 11.7. The van der Waals surface area contributed by atoms with Gasteiger partial charge in [-0.1, -0.05) is 24.3 Å². The molecule has 0 saturated heterocycles. The molecule has 0 aliphatic rings. The lowest BCUT2D eigenvalue weighted by atomic mass is 10.3. The second kappa shape index (κ2) is 7.87. The molecule has 2 aromatic rings. The van der Waals surface area contributed by atoms with Crippen molar-refractivity contribution < 1.29 is 9.53 Å². The van der Waals surface area contributed by atoms with E-state index >= 15 is 0 Å². The lowest BCUT2D eigenvalue weighted by Crippen LogP contribution is -2.27. The van der Waals surface area contributed by atoms with Gasteiger partial charge in [0.25, 0.3) is 0 Å². The first-order valence-electron chi connectivity index (χ1n) is 6.72. The van der Waals surface area contributed by atoms with Crippen molar-refractivity contribution in [3.8, 4) is 11.5 Å². The van der Waals surface area contributed by atoms with Crippen molar-refractivity contribution in [2.45, 2.75) is 0 Å². The molecule has 0 bridgehead atoms. The summed E-state index contributed by atoms with van der Waals surface area (Å²) in [7, 11) is 0. The maximum absolute atomic E-state index is 11.6. The number of carbonyl (C=O) groups is 1. The van der Waals surface area contributed by atoms with Crippen LogP contribution < -0.4 is 15.4 Å². The Hall–Kier alpha value is -2.59. The van der Waals surface area contributed by atoms with E-state index in [0.29, 0.717) is 6.54 Å². The van der Waals surface area contributed by atoms with Gasteiger partial charge in [0.05, 0.1) is 6.54 Å². The molecule has 1 amide bonds. The smallest absolute Gasteiger partial charge is 0.238 e. The maximum Gasteiger partial charge on any atom is 0.238 e. The van der Waals surface area contributed by atoms with Crippen LogP contribution in [0.3, 0.4) is 0 Å². The van der Waals surface area contributed by atoms with Crippen LogP contribution in [0.5, 0.6) is 11.5 Å². The van der Waals surface area contributed by atoms with E-state index < -0.39 is 0 Å². The van der Waals surface area contributed by atoms with E-state index in [0.717, 1.165) is 17.2 Å². The highest BCUT2D eigenvalue weighted by atomic mass is 16.5. The van der Waals surface area contributed by atoms with E-state index in [1.807, 2.05) is 54.6 Å². The summed E-state index contributed by atoms with van der Waals surface area (Å²) in [5.74, 6) is 1.42. The van der Waals surface area contributed by atoms with Gasteiger partial charge in [0.15, 0.2) is 0 Å². The van der Waals surface area contributed by atoms with Crippen LogP contribution in [0.1, 0.15) is 0 Å². The number of rotatable bonds is 7. The quantitative estimate of drug-likeness (QED) is 0.605. The summed E-state index contributed by atoms with van der Waals surface area (Å²) in [6.07, 6.45) is 1.71. The first-order valence-corrected chi connectivity index (χ1v) is 6.72. The Kier molecular flexibility index (Phi) is 5.55. The summed E-state index contributed by atoms with van der Waals surface area (Å²) in [6, 6.07) is 16.8. The molecule has 0 heterocycles. The van der Waals surface area contributed by atoms with E-state index in [4.69, 9.17) is 4.74 Å². The Labute approximate surface area is 124 Å². The van der Waals surface area contributed by atoms with Crippen molar-refractivity contribution >= 4 is 11.6 Å². The third-order valence-corrected chi connectivity index (χ3v) is 2.69. The third kappa shape index (κ3) is 5.12. The van der Waals surface area contributed by atoms with E-state index in [2.05, 4.69) is 17.2 Å². The van der Waals surface area contributed by atoms with Crippen molar-refractivity contribution in [3.05, 3.63) is 67.3 Å². The highest BCUT2D eigenvalue weighted by Crippen LogP contribution is 2.22. The van der Waals surface area contributed by atoms with E-state index in [9.17, 15) is 4.79 Å². The number of carbonyl (C=O) groups excluding carboxylic acids is 1. The van der Waals surface area contributed by atoms with Crippen LogP contribution >= 0.6 is 0 Å². The zero-order chi connectivity index (χ0) is 14.9. The normalized spacial score (nSPS) is 9.90. The van der Waals surface area contributed by atoms with Gasteiger partial charge in [0.2, 0.25) is 5.91 Å². The van der Waals surface area contributed by atoms with Crippen molar-refractivity contribution in [2.24, 2.45) is 0 Å². The van der Waals surface area contributed by atoms with Gasteiger partial charge in [0.1, 0.15) is 11.5 Å². The molecule has 21 heavy (non-hydrogen) atoms. The molecule has 0 aromatic heterocycles. The minimum atomic E-state index is -0.0893. The summed E-state index contributed by atoms with van der Waals surface area (Å²) >= 11 is 0. The van der Waals surface area contributed by atoms with Crippen molar-refractivity contribution in [3.63, 3.8) is 0 Å². The first kappa shape index (κ1) is 14.8. The molecule has 4 nitrogen and oxygen atoms in total. The van der Waals surface area contributed by atoms with Crippen molar-refractivity contribution in [1.29, 1.82) is 0 Å². The molecule has 0 spiro atoms. The fourth-order valence-corrected chi connectivity index (χ4v) is 1.72.